The van der Waals surface area contributed by atoms with E-state index in [2.05, 4.69) is 5.32 Å². The predicted octanol–water partition coefficient (Wildman–Crippen LogP) is 3.81. The van der Waals surface area contributed by atoms with Gasteiger partial charge in [0, 0.05) is 21.7 Å². The molecule has 1 heterocycles. The van der Waals surface area contributed by atoms with E-state index in [1.165, 1.54) is 12.8 Å². The van der Waals surface area contributed by atoms with E-state index in [0.29, 0.717) is 6.04 Å². The van der Waals surface area contributed by atoms with Gasteiger partial charge in [0.2, 0.25) is 0 Å². The molecule has 0 spiro atoms. The molecule has 2 rings (SSSR count). The van der Waals surface area contributed by atoms with Gasteiger partial charge in [0.25, 0.3) is 0 Å². The van der Waals surface area contributed by atoms with E-state index >= 15 is 0 Å². The average molecular weight is 230 g/mol. The van der Waals surface area contributed by atoms with Crippen molar-refractivity contribution in [1.29, 1.82) is 0 Å². The van der Waals surface area contributed by atoms with Crippen LogP contribution in [0.2, 0.25) is 10.0 Å². The Morgan fingerprint density at radius 1 is 1.14 bits per heavy atom. The Hall–Kier alpha value is -0.240. The summed E-state index contributed by atoms with van der Waals surface area (Å²) < 4.78 is 0. The Balaban J connectivity index is 2.29. The topological polar surface area (TPSA) is 12.0 Å². The van der Waals surface area contributed by atoms with Crippen molar-refractivity contribution in [3.05, 3.63) is 33.8 Å². The van der Waals surface area contributed by atoms with Crippen LogP contribution in [0.5, 0.6) is 0 Å². The molecule has 0 aromatic heterocycles. The molecule has 1 N–H and O–H groups in total. The van der Waals surface area contributed by atoms with Crippen LogP contribution >= 0.6 is 23.2 Å². The van der Waals surface area contributed by atoms with Crippen LogP contribution < -0.4 is 5.32 Å². The van der Waals surface area contributed by atoms with Crippen molar-refractivity contribution < 1.29 is 0 Å². The molecule has 1 saturated heterocycles. The number of hydrogen-bond acceptors (Lipinski definition) is 1. The molecule has 1 aliphatic heterocycles. The lowest BCUT2D eigenvalue weighted by molar-refractivity contribution is 0.412. The van der Waals surface area contributed by atoms with Gasteiger partial charge in [0.1, 0.15) is 0 Å². The Labute approximate surface area is 94.4 Å². The highest BCUT2D eigenvalue weighted by Gasteiger charge is 2.19. The molecule has 1 aromatic carbocycles. The van der Waals surface area contributed by atoms with Gasteiger partial charge in [-0.05, 0) is 31.5 Å². The molecule has 1 atom stereocenters. The Morgan fingerprint density at radius 3 is 2.43 bits per heavy atom. The van der Waals surface area contributed by atoms with Gasteiger partial charge in [-0.25, -0.2) is 0 Å². The average Bonchev–Trinajstić information content (AvgIpc) is 2.19. The fraction of sp³-hybridized carbons (Fsp3) is 0.455. The van der Waals surface area contributed by atoms with E-state index in [0.717, 1.165) is 28.6 Å². The molecule has 0 radical (unpaired) electrons. The number of hydrogen-bond donors (Lipinski definition) is 1. The third kappa shape index (κ3) is 2.05. The molecule has 1 unspecified atom stereocenters. The number of rotatable bonds is 1. The van der Waals surface area contributed by atoms with Crippen LogP contribution in [-0.2, 0) is 0 Å². The van der Waals surface area contributed by atoms with Gasteiger partial charge in [-0.2, -0.15) is 0 Å². The molecule has 76 valence electrons. The van der Waals surface area contributed by atoms with E-state index in [1.54, 1.807) is 0 Å². The first-order valence-corrected chi connectivity index (χ1v) is 5.72. The molecule has 0 amide bonds. The van der Waals surface area contributed by atoms with Crippen molar-refractivity contribution in [2.75, 3.05) is 6.54 Å². The summed E-state index contributed by atoms with van der Waals surface area (Å²) in [6.45, 7) is 1.06. The number of benzene rings is 1. The van der Waals surface area contributed by atoms with Gasteiger partial charge in [-0.15, -0.1) is 0 Å². The maximum Gasteiger partial charge on any atom is 0.0468 e. The summed E-state index contributed by atoms with van der Waals surface area (Å²) in [7, 11) is 0. The Kier molecular flexibility index (Phi) is 3.32. The molecule has 14 heavy (non-hydrogen) atoms. The Morgan fingerprint density at radius 2 is 1.86 bits per heavy atom. The van der Waals surface area contributed by atoms with Crippen molar-refractivity contribution in [1.82, 2.24) is 5.32 Å². The van der Waals surface area contributed by atoms with Crippen molar-refractivity contribution in [3.8, 4) is 0 Å². The summed E-state index contributed by atoms with van der Waals surface area (Å²) in [5, 5.41) is 5.00. The van der Waals surface area contributed by atoms with Crippen molar-refractivity contribution in [2.24, 2.45) is 0 Å². The third-order valence-corrected chi connectivity index (χ3v) is 3.32. The van der Waals surface area contributed by atoms with Crippen LogP contribution in [0.3, 0.4) is 0 Å². The zero-order valence-electron chi connectivity index (χ0n) is 7.89. The normalized spacial score (nSPS) is 22.3. The number of piperidine rings is 1. The fourth-order valence-electron chi connectivity index (χ4n) is 1.94. The maximum absolute atomic E-state index is 6.14. The van der Waals surface area contributed by atoms with Crippen LogP contribution in [0, 0.1) is 0 Å². The first kappa shape index (κ1) is 10.3. The summed E-state index contributed by atoms with van der Waals surface area (Å²) in [5.41, 5.74) is 1.07. The minimum Gasteiger partial charge on any atom is -0.310 e. The first-order valence-electron chi connectivity index (χ1n) is 4.96. The van der Waals surface area contributed by atoms with E-state index in [-0.39, 0.29) is 0 Å². The largest absolute Gasteiger partial charge is 0.310 e. The molecular formula is C11H13Cl2N. The van der Waals surface area contributed by atoms with Crippen molar-refractivity contribution >= 4 is 23.2 Å². The van der Waals surface area contributed by atoms with Crippen molar-refractivity contribution in [3.63, 3.8) is 0 Å². The summed E-state index contributed by atoms with van der Waals surface area (Å²) in [6, 6.07) is 6.03. The molecule has 1 fully saturated rings. The second-order valence-corrected chi connectivity index (χ2v) is 4.45. The Bertz CT molecular complexity index is 299. The SMILES string of the molecule is Clc1cccc(Cl)c1C1CCCCN1. The maximum atomic E-state index is 6.14. The molecule has 3 heteroatoms. The van der Waals surface area contributed by atoms with Gasteiger partial charge in [-0.3, -0.25) is 0 Å². The molecule has 1 aromatic rings. The van der Waals surface area contributed by atoms with Crippen LogP contribution in [0.25, 0.3) is 0 Å². The highest BCUT2D eigenvalue weighted by atomic mass is 35.5. The molecule has 0 bridgehead atoms. The summed E-state index contributed by atoms with van der Waals surface area (Å²) in [6.07, 6.45) is 3.63. The minimum absolute atomic E-state index is 0.338. The summed E-state index contributed by atoms with van der Waals surface area (Å²) in [4.78, 5) is 0. The van der Waals surface area contributed by atoms with E-state index in [9.17, 15) is 0 Å². The monoisotopic (exact) mass is 229 g/mol. The third-order valence-electron chi connectivity index (χ3n) is 2.66. The highest BCUT2D eigenvalue weighted by molar-refractivity contribution is 6.36. The van der Waals surface area contributed by atoms with Crippen LogP contribution in [-0.4, -0.2) is 6.54 Å². The summed E-state index contributed by atoms with van der Waals surface area (Å²) >= 11 is 12.3. The van der Waals surface area contributed by atoms with Gasteiger partial charge in [-0.1, -0.05) is 35.7 Å². The lowest BCUT2D eigenvalue weighted by Crippen LogP contribution is -2.27. The smallest absolute Gasteiger partial charge is 0.0468 e. The zero-order valence-corrected chi connectivity index (χ0v) is 9.41. The first-order chi connectivity index (χ1) is 6.79. The van der Waals surface area contributed by atoms with Crippen molar-refractivity contribution in [2.45, 2.75) is 25.3 Å². The lowest BCUT2D eigenvalue weighted by Gasteiger charge is -2.25. The standard InChI is InChI=1S/C11H13Cl2N/c12-8-4-3-5-9(13)11(8)10-6-1-2-7-14-10/h3-5,10,14H,1-2,6-7H2. The number of nitrogens with one attached hydrogen (secondary N) is 1. The molecule has 0 aliphatic carbocycles. The summed E-state index contributed by atoms with van der Waals surface area (Å²) in [5.74, 6) is 0. The molecule has 0 saturated carbocycles. The second kappa shape index (κ2) is 4.52. The highest BCUT2D eigenvalue weighted by Crippen LogP contribution is 2.34. The lowest BCUT2D eigenvalue weighted by atomic mass is 9.97. The molecular weight excluding hydrogens is 217 g/mol. The minimum atomic E-state index is 0.338. The predicted molar refractivity (Wildman–Crippen MR) is 61.1 cm³/mol. The van der Waals surface area contributed by atoms with Crippen LogP contribution in [0.1, 0.15) is 30.9 Å². The number of halogens is 2. The van der Waals surface area contributed by atoms with Gasteiger partial charge < -0.3 is 5.32 Å². The second-order valence-electron chi connectivity index (χ2n) is 3.64. The van der Waals surface area contributed by atoms with Gasteiger partial charge in [0.15, 0.2) is 0 Å². The van der Waals surface area contributed by atoms with Crippen LogP contribution in [0.15, 0.2) is 18.2 Å². The van der Waals surface area contributed by atoms with E-state index < -0.39 is 0 Å². The molecule has 1 nitrogen and oxygen atoms in total. The van der Waals surface area contributed by atoms with Crippen LogP contribution in [0.4, 0.5) is 0 Å². The van der Waals surface area contributed by atoms with E-state index in [1.807, 2.05) is 18.2 Å². The molecule has 1 aliphatic rings. The van der Waals surface area contributed by atoms with Gasteiger partial charge >= 0.3 is 0 Å². The van der Waals surface area contributed by atoms with Gasteiger partial charge in [0.05, 0.1) is 0 Å². The zero-order chi connectivity index (χ0) is 9.97. The quantitative estimate of drug-likeness (QED) is 0.773. The van der Waals surface area contributed by atoms with E-state index in [4.69, 9.17) is 23.2 Å². The fourth-order valence-corrected chi connectivity index (χ4v) is 2.60.